The number of methoxy groups -OCH3 is 1. The molecule has 2 aromatic rings. The molecule has 2 N–H and O–H groups in total. The van der Waals surface area contributed by atoms with Gasteiger partial charge < -0.3 is 15.0 Å². The average Bonchev–Trinajstić information content (AvgIpc) is 3.21. The lowest BCUT2D eigenvalue weighted by Crippen LogP contribution is -2.33. The van der Waals surface area contributed by atoms with Crippen LogP contribution in [0.15, 0.2) is 53.0 Å². The number of carbonyl (C=O) groups excluding carboxylic acids is 1. The Kier molecular flexibility index (Phi) is 7.06. The molecule has 1 aliphatic heterocycles. The number of anilines is 2. The second-order valence-corrected chi connectivity index (χ2v) is 7.70. The minimum absolute atomic E-state index is 0.266. The first-order valence-corrected chi connectivity index (χ1v) is 10.2. The van der Waals surface area contributed by atoms with Crippen LogP contribution in [0, 0.1) is 0 Å². The second-order valence-electron chi connectivity index (χ2n) is 6.37. The molecule has 1 saturated heterocycles. The molecule has 1 amide bonds. The van der Waals surface area contributed by atoms with E-state index in [9.17, 15) is 4.79 Å². The van der Waals surface area contributed by atoms with Gasteiger partial charge in [0, 0.05) is 29.2 Å². The van der Waals surface area contributed by atoms with Gasteiger partial charge in [0.15, 0.2) is 5.11 Å². The molecule has 0 unspecified atom stereocenters. The van der Waals surface area contributed by atoms with Crippen LogP contribution in [-0.4, -0.2) is 31.2 Å². The Morgan fingerprint density at radius 3 is 2.71 bits per heavy atom. The lowest BCUT2D eigenvalue weighted by Gasteiger charge is -2.22. The van der Waals surface area contributed by atoms with Crippen molar-refractivity contribution in [3.63, 3.8) is 0 Å². The van der Waals surface area contributed by atoms with Gasteiger partial charge in [-0.15, -0.1) is 0 Å². The maximum Gasteiger partial charge on any atom is 0.250 e. The first-order chi connectivity index (χ1) is 13.6. The highest BCUT2D eigenvalue weighted by Crippen LogP contribution is 2.28. The van der Waals surface area contributed by atoms with E-state index < -0.39 is 0 Å². The second kappa shape index (κ2) is 9.71. The Hall–Kier alpha value is -2.38. The molecule has 0 radical (unpaired) electrons. The molecule has 5 nitrogen and oxygen atoms in total. The first-order valence-electron chi connectivity index (χ1n) is 9.04. The van der Waals surface area contributed by atoms with E-state index in [-0.39, 0.29) is 11.0 Å². The van der Waals surface area contributed by atoms with Gasteiger partial charge in [-0.1, -0.05) is 28.1 Å². The van der Waals surface area contributed by atoms with Gasteiger partial charge in [0.1, 0.15) is 5.75 Å². The Balaban J connectivity index is 1.63. The number of nitrogens with one attached hydrogen (secondary N) is 2. The van der Waals surface area contributed by atoms with E-state index in [0.29, 0.717) is 5.75 Å². The Morgan fingerprint density at radius 1 is 1.21 bits per heavy atom. The van der Waals surface area contributed by atoms with E-state index in [1.165, 1.54) is 18.9 Å². The van der Waals surface area contributed by atoms with Crippen LogP contribution in [0.1, 0.15) is 18.4 Å². The van der Waals surface area contributed by atoms with Crippen LogP contribution in [-0.2, 0) is 4.79 Å². The third kappa shape index (κ3) is 5.33. The van der Waals surface area contributed by atoms with E-state index in [0.717, 1.165) is 34.5 Å². The van der Waals surface area contributed by atoms with E-state index in [1.54, 1.807) is 13.2 Å². The number of carbonyl (C=O) groups is 1. The number of amides is 1. The number of hydrogen-bond acceptors (Lipinski definition) is 4. The molecule has 28 heavy (non-hydrogen) atoms. The summed E-state index contributed by atoms with van der Waals surface area (Å²) in [5, 5.41) is 6.10. The van der Waals surface area contributed by atoms with Gasteiger partial charge in [-0.2, -0.15) is 0 Å². The van der Waals surface area contributed by atoms with Gasteiger partial charge in [0.2, 0.25) is 5.91 Å². The molecule has 3 rings (SSSR count). The molecule has 0 atom stereocenters. The monoisotopic (exact) mass is 459 g/mol. The molecule has 0 saturated carbocycles. The van der Waals surface area contributed by atoms with Crippen molar-refractivity contribution in [1.82, 2.24) is 5.32 Å². The van der Waals surface area contributed by atoms with Gasteiger partial charge in [-0.05, 0) is 61.5 Å². The minimum Gasteiger partial charge on any atom is -0.496 e. The molecule has 1 aliphatic rings. The van der Waals surface area contributed by atoms with E-state index in [1.807, 2.05) is 36.4 Å². The van der Waals surface area contributed by atoms with Crippen LogP contribution in [0.5, 0.6) is 5.75 Å². The molecule has 0 bridgehead atoms. The normalized spacial score (nSPS) is 13.6. The predicted octanol–water partition coefficient (Wildman–Crippen LogP) is 4.58. The summed E-state index contributed by atoms with van der Waals surface area (Å²) in [4.78, 5) is 14.6. The van der Waals surface area contributed by atoms with Gasteiger partial charge >= 0.3 is 0 Å². The van der Waals surface area contributed by atoms with Gasteiger partial charge in [0.25, 0.3) is 0 Å². The summed E-state index contributed by atoms with van der Waals surface area (Å²) < 4.78 is 6.21. The van der Waals surface area contributed by atoms with Gasteiger partial charge in [-0.3, -0.25) is 10.1 Å². The maximum absolute atomic E-state index is 12.3. The van der Waals surface area contributed by atoms with E-state index in [2.05, 4.69) is 37.5 Å². The molecule has 0 spiro atoms. The average molecular weight is 460 g/mol. The highest BCUT2D eigenvalue weighted by Gasteiger charge is 2.16. The van der Waals surface area contributed by atoms with Crippen LogP contribution in [0.3, 0.4) is 0 Å². The third-order valence-corrected chi connectivity index (χ3v) is 5.14. The van der Waals surface area contributed by atoms with Crippen molar-refractivity contribution in [1.29, 1.82) is 0 Å². The first kappa shape index (κ1) is 20.4. The summed E-state index contributed by atoms with van der Waals surface area (Å²) >= 11 is 8.74. The lowest BCUT2D eigenvalue weighted by molar-refractivity contribution is -0.115. The molecular weight excluding hydrogens is 438 g/mol. The van der Waals surface area contributed by atoms with Crippen LogP contribution < -0.4 is 20.3 Å². The molecule has 0 aliphatic carbocycles. The number of rotatable bonds is 5. The van der Waals surface area contributed by atoms with Crippen molar-refractivity contribution >= 4 is 56.6 Å². The number of hydrogen-bond donors (Lipinski definition) is 2. The van der Waals surface area contributed by atoms with Crippen molar-refractivity contribution in [2.45, 2.75) is 12.8 Å². The predicted molar refractivity (Wildman–Crippen MR) is 122 cm³/mol. The molecule has 0 aromatic heterocycles. The molecule has 1 fully saturated rings. The zero-order chi connectivity index (χ0) is 19.9. The van der Waals surface area contributed by atoms with E-state index >= 15 is 0 Å². The SMILES string of the molecule is COc1ccc(Br)cc1/C=C/C(=O)NC(=S)Nc1ccccc1N1CCCC1. The fourth-order valence-corrected chi connectivity index (χ4v) is 3.71. The van der Waals surface area contributed by atoms with Crippen molar-refractivity contribution in [3.8, 4) is 5.75 Å². The molecule has 7 heteroatoms. The van der Waals surface area contributed by atoms with Crippen molar-refractivity contribution in [2.24, 2.45) is 0 Å². The quantitative estimate of drug-likeness (QED) is 0.505. The summed E-state index contributed by atoms with van der Waals surface area (Å²) in [5.74, 6) is 0.380. The molecular formula is C21H22BrN3O2S. The Morgan fingerprint density at radius 2 is 1.96 bits per heavy atom. The Labute approximate surface area is 178 Å². The largest absolute Gasteiger partial charge is 0.496 e. The number of benzene rings is 2. The van der Waals surface area contributed by atoms with Crippen LogP contribution in [0.25, 0.3) is 6.08 Å². The van der Waals surface area contributed by atoms with Crippen LogP contribution in [0.4, 0.5) is 11.4 Å². The van der Waals surface area contributed by atoms with Crippen molar-refractivity contribution in [3.05, 3.63) is 58.6 Å². The topological polar surface area (TPSA) is 53.6 Å². The van der Waals surface area contributed by atoms with Gasteiger partial charge in [0.05, 0.1) is 18.5 Å². The molecule has 1 heterocycles. The lowest BCUT2D eigenvalue weighted by atomic mass is 10.2. The van der Waals surface area contributed by atoms with E-state index in [4.69, 9.17) is 17.0 Å². The van der Waals surface area contributed by atoms with Gasteiger partial charge in [-0.25, -0.2) is 0 Å². The molecule has 146 valence electrons. The van der Waals surface area contributed by atoms with Crippen molar-refractivity contribution < 1.29 is 9.53 Å². The standard InChI is InChI=1S/C21H22BrN3O2S/c1-27-19-10-9-16(22)14-15(19)8-11-20(26)24-21(28)23-17-6-2-3-7-18(17)25-12-4-5-13-25/h2-3,6-11,14H,4-5,12-13H2,1H3,(H2,23,24,26,28)/b11-8+. The number of para-hydroxylation sites is 2. The zero-order valence-electron chi connectivity index (χ0n) is 15.6. The summed E-state index contributed by atoms with van der Waals surface area (Å²) in [6.45, 7) is 2.07. The number of ether oxygens (including phenoxy) is 1. The highest BCUT2D eigenvalue weighted by atomic mass is 79.9. The smallest absolute Gasteiger partial charge is 0.250 e. The fraction of sp³-hybridized carbons (Fsp3) is 0.238. The minimum atomic E-state index is -0.307. The van der Waals surface area contributed by atoms with Crippen LogP contribution in [0.2, 0.25) is 0 Å². The summed E-state index contributed by atoms with van der Waals surface area (Å²) in [6, 6.07) is 13.6. The number of thiocarbonyl (C=S) groups is 1. The molecule has 2 aromatic carbocycles. The number of nitrogens with zero attached hydrogens (tertiary/aromatic N) is 1. The summed E-state index contributed by atoms with van der Waals surface area (Å²) in [6.07, 6.45) is 5.52. The summed E-state index contributed by atoms with van der Waals surface area (Å²) in [5.41, 5.74) is 2.80. The number of halogens is 1. The van der Waals surface area contributed by atoms with Crippen LogP contribution >= 0.6 is 28.1 Å². The third-order valence-electron chi connectivity index (χ3n) is 4.44. The Bertz CT molecular complexity index is 895. The maximum atomic E-state index is 12.3. The fourth-order valence-electron chi connectivity index (χ4n) is 3.12. The highest BCUT2D eigenvalue weighted by molar-refractivity contribution is 9.10. The van der Waals surface area contributed by atoms with Crippen molar-refractivity contribution in [2.75, 3.05) is 30.4 Å². The summed E-state index contributed by atoms with van der Waals surface area (Å²) in [7, 11) is 1.59. The zero-order valence-corrected chi connectivity index (χ0v) is 18.0.